The molecule has 3 rings (SSSR count). The van der Waals surface area contributed by atoms with Gasteiger partial charge in [0, 0.05) is 48.8 Å². The molecule has 0 saturated heterocycles. The van der Waals surface area contributed by atoms with E-state index in [0.29, 0.717) is 37.6 Å². The molecule has 1 N–H and O–H groups in total. The number of nitrogens with one attached hydrogen (secondary N) is 1. The predicted octanol–water partition coefficient (Wildman–Crippen LogP) is 2.37. The predicted molar refractivity (Wildman–Crippen MR) is 96.4 cm³/mol. The first-order valence-electron chi connectivity index (χ1n) is 8.54. The van der Waals surface area contributed by atoms with Gasteiger partial charge in [0.2, 0.25) is 0 Å². The molecule has 1 aromatic heterocycles. The van der Waals surface area contributed by atoms with E-state index in [0.717, 1.165) is 16.8 Å². The molecule has 2 heterocycles. The summed E-state index contributed by atoms with van der Waals surface area (Å²) in [4.78, 5) is 32.5. The number of nitro groups is 1. The molecule has 138 valence electrons. The van der Waals surface area contributed by atoms with Crippen LogP contribution < -0.4 is 10.3 Å². The van der Waals surface area contributed by atoms with Gasteiger partial charge in [-0.25, -0.2) is 4.98 Å². The van der Waals surface area contributed by atoms with Gasteiger partial charge in [0.1, 0.15) is 11.6 Å². The smallest absolute Gasteiger partial charge is 0.270 e. The van der Waals surface area contributed by atoms with Crippen LogP contribution in [0.15, 0.2) is 23.0 Å². The quantitative estimate of drug-likeness (QED) is 0.650. The highest BCUT2D eigenvalue weighted by atomic mass is 16.6. The van der Waals surface area contributed by atoms with Crippen molar-refractivity contribution in [1.82, 2.24) is 14.9 Å². The first kappa shape index (κ1) is 18.1. The largest absolute Gasteiger partial charge is 0.496 e. The maximum absolute atomic E-state index is 12.3. The van der Waals surface area contributed by atoms with Gasteiger partial charge in [-0.1, -0.05) is 13.8 Å². The van der Waals surface area contributed by atoms with Crippen LogP contribution in [0.4, 0.5) is 5.69 Å². The Bertz CT molecular complexity index is 891. The van der Waals surface area contributed by atoms with Crippen LogP contribution in [0.1, 0.15) is 42.4 Å². The third-order valence-corrected chi connectivity index (χ3v) is 4.59. The number of non-ortho nitro benzene ring substituents is 1. The molecule has 26 heavy (non-hydrogen) atoms. The number of nitrogens with zero attached hydrogens (tertiary/aromatic N) is 3. The summed E-state index contributed by atoms with van der Waals surface area (Å²) >= 11 is 0. The number of hydrogen-bond donors (Lipinski definition) is 1. The number of ether oxygens (including phenoxy) is 1. The van der Waals surface area contributed by atoms with Crippen LogP contribution in [0.2, 0.25) is 0 Å². The van der Waals surface area contributed by atoms with E-state index >= 15 is 0 Å². The summed E-state index contributed by atoms with van der Waals surface area (Å²) in [6.45, 7) is 5.68. The monoisotopic (exact) mass is 358 g/mol. The number of rotatable bonds is 5. The van der Waals surface area contributed by atoms with E-state index < -0.39 is 4.92 Å². The molecule has 0 spiro atoms. The van der Waals surface area contributed by atoms with Crippen LogP contribution in [-0.4, -0.2) is 33.4 Å². The Balaban J connectivity index is 1.87. The van der Waals surface area contributed by atoms with Crippen LogP contribution in [0.3, 0.4) is 0 Å². The zero-order valence-corrected chi connectivity index (χ0v) is 15.1. The summed E-state index contributed by atoms with van der Waals surface area (Å²) in [5.74, 6) is 1.44. The molecule has 1 aliphatic heterocycles. The number of aromatic amines is 1. The van der Waals surface area contributed by atoms with Crippen LogP contribution in [0.25, 0.3) is 0 Å². The van der Waals surface area contributed by atoms with E-state index in [1.54, 1.807) is 19.2 Å². The van der Waals surface area contributed by atoms with E-state index in [2.05, 4.69) is 14.9 Å². The fraction of sp³-hybridized carbons (Fsp3) is 0.444. The molecule has 0 saturated carbocycles. The molecule has 1 aromatic carbocycles. The van der Waals surface area contributed by atoms with Crippen LogP contribution in [0, 0.1) is 10.1 Å². The van der Waals surface area contributed by atoms with Crippen molar-refractivity contribution in [2.24, 2.45) is 0 Å². The van der Waals surface area contributed by atoms with Gasteiger partial charge in [-0.2, -0.15) is 0 Å². The lowest BCUT2D eigenvalue weighted by Crippen LogP contribution is -2.35. The Labute approximate surface area is 151 Å². The van der Waals surface area contributed by atoms with E-state index in [9.17, 15) is 14.9 Å². The third kappa shape index (κ3) is 3.60. The molecule has 0 unspecified atom stereocenters. The summed E-state index contributed by atoms with van der Waals surface area (Å²) < 4.78 is 5.34. The Morgan fingerprint density at radius 1 is 1.42 bits per heavy atom. The summed E-state index contributed by atoms with van der Waals surface area (Å²) in [5.41, 5.74) is 2.24. The molecule has 0 amide bonds. The number of H-pyrrole nitrogens is 1. The van der Waals surface area contributed by atoms with Gasteiger partial charge in [0.05, 0.1) is 17.7 Å². The number of benzene rings is 1. The third-order valence-electron chi connectivity index (χ3n) is 4.59. The molecule has 0 radical (unpaired) electrons. The van der Waals surface area contributed by atoms with Gasteiger partial charge in [-0.3, -0.25) is 19.8 Å². The molecular weight excluding hydrogens is 336 g/mol. The second kappa shape index (κ2) is 7.25. The number of hydrogen-bond acceptors (Lipinski definition) is 6. The zero-order chi connectivity index (χ0) is 18.8. The van der Waals surface area contributed by atoms with Crippen molar-refractivity contribution in [3.63, 3.8) is 0 Å². The molecule has 2 aromatic rings. The Hall–Kier alpha value is -2.74. The maximum atomic E-state index is 12.3. The zero-order valence-electron chi connectivity index (χ0n) is 15.1. The van der Waals surface area contributed by atoms with Crippen LogP contribution in [-0.2, 0) is 19.5 Å². The maximum Gasteiger partial charge on any atom is 0.270 e. The average molecular weight is 358 g/mol. The molecular formula is C18H22N4O4. The minimum Gasteiger partial charge on any atom is -0.496 e. The lowest BCUT2D eigenvalue weighted by Gasteiger charge is -2.28. The van der Waals surface area contributed by atoms with Gasteiger partial charge in [-0.05, 0) is 12.5 Å². The summed E-state index contributed by atoms with van der Waals surface area (Å²) in [7, 11) is 1.55. The topological polar surface area (TPSA) is 101 Å². The highest BCUT2D eigenvalue weighted by Gasteiger charge is 2.23. The number of nitro benzene ring substituents is 1. The molecule has 1 aliphatic rings. The lowest BCUT2D eigenvalue weighted by atomic mass is 10.0. The fourth-order valence-corrected chi connectivity index (χ4v) is 3.16. The van der Waals surface area contributed by atoms with E-state index in [-0.39, 0.29) is 17.2 Å². The highest BCUT2D eigenvalue weighted by molar-refractivity contribution is 5.43. The van der Waals surface area contributed by atoms with Crippen LogP contribution >= 0.6 is 0 Å². The standard InChI is InChI=1S/C18H22N4O4/c1-11(2)17-19-15-10-21(7-6-14(15)18(23)20-17)9-12-8-13(22(24)25)4-5-16(12)26-3/h4-5,8,11H,6-7,9-10H2,1-3H3,(H,19,20,23). The molecule has 0 atom stereocenters. The van der Waals surface area contributed by atoms with Crippen molar-refractivity contribution in [2.45, 2.75) is 39.3 Å². The van der Waals surface area contributed by atoms with Crippen molar-refractivity contribution in [2.75, 3.05) is 13.7 Å². The SMILES string of the molecule is COc1ccc([N+](=O)[O-])cc1CN1CCc2c(nc(C(C)C)[nH]c2=O)C1. The number of fused-ring (bicyclic) bond motifs is 1. The Morgan fingerprint density at radius 2 is 2.19 bits per heavy atom. The Kier molecular flexibility index (Phi) is 5.03. The minimum atomic E-state index is -0.412. The van der Waals surface area contributed by atoms with Crippen molar-refractivity contribution in [3.05, 3.63) is 61.3 Å². The molecule has 8 nitrogen and oxygen atoms in total. The Morgan fingerprint density at radius 3 is 2.85 bits per heavy atom. The van der Waals surface area contributed by atoms with Gasteiger partial charge in [0.25, 0.3) is 11.2 Å². The average Bonchev–Trinajstić information content (AvgIpc) is 2.61. The number of methoxy groups -OCH3 is 1. The first-order chi connectivity index (χ1) is 12.4. The fourth-order valence-electron chi connectivity index (χ4n) is 3.16. The van der Waals surface area contributed by atoms with E-state index in [4.69, 9.17) is 4.74 Å². The summed E-state index contributed by atoms with van der Waals surface area (Å²) in [5, 5.41) is 11.1. The van der Waals surface area contributed by atoms with Gasteiger partial charge in [-0.15, -0.1) is 0 Å². The lowest BCUT2D eigenvalue weighted by molar-refractivity contribution is -0.385. The molecule has 0 aliphatic carbocycles. The van der Waals surface area contributed by atoms with Crippen molar-refractivity contribution < 1.29 is 9.66 Å². The second-order valence-electron chi connectivity index (χ2n) is 6.75. The molecule has 8 heteroatoms. The highest BCUT2D eigenvalue weighted by Crippen LogP contribution is 2.27. The van der Waals surface area contributed by atoms with E-state index in [1.165, 1.54) is 6.07 Å². The van der Waals surface area contributed by atoms with E-state index in [1.807, 2.05) is 13.8 Å². The van der Waals surface area contributed by atoms with Gasteiger partial charge >= 0.3 is 0 Å². The van der Waals surface area contributed by atoms with Gasteiger partial charge < -0.3 is 9.72 Å². The van der Waals surface area contributed by atoms with Crippen molar-refractivity contribution in [3.8, 4) is 5.75 Å². The summed E-state index contributed by atoms with van der Waals surface area (Å²) in [6.07, 6.45) is 0.604. The van der Waals surface area contributed by atoms with Crippen molar-refractivity contribution in [1.29, 1.82) is 0 Å². The van der Waals surface area contributed by atoms with Crippen molar-refractivity contribution >= 4 is 5.69 Å². The molecule has 0 fully saturated rings. The normalized spacial score (nSPS) is 14.3. The molecule has 0 bridgehead atoms. The minimum absolute atomic E-state index is 0.0369. The number of aromatic nitrogens is 2. The second-order valence-corrected chi connectivity index (χ2v) is 6.75. The summed E-state index contributed by atoms with van der Waals surface area (Å²) in [6, 6.07) is 4.59. The first-order valence-corrected chi connectivity index (χ1v) is 8.54. The van der Waals surface area contributed by atoms with Gasteiger partial charge in [0.15, 0.2) is 0 Å². The van der Waals surface area contributed by atoms with Crippen LogP contribution in [0.5, 0.6) is 5.75 Å².